The molecule has 3 heterocycles. The molecule has 0 N–H and O–H groups in total. The van der Waals surface area contributed by atoms with Gasteiger partial charge < -0.3 is 4.90 Å². The maximum Gasteiger partial charge on any atom is 0.157 e. The van der Waals surface area contributed by atoms with Crippen LogP contribution in [0, 0.1) is 18.3 Å². The summed E-state index contributed by atoms with van der Waals surface area (Å²) < 4.78 is 2.15. The Morgan fingerprint density at radius 1 is 1.03 bits per heavy atom. The molecular weight excluding hydrogens is 394 g/mol. The molecule has 0 spiro atoms. The topological polar surface area (TPSA) is 47.6 Å². The van der Waals surface area contributed by atoms with Gasteiger partial charge in [-0.1, -0.05) is 35.9 Å². The largest absolute Gasteiger partial charge is 0.355 e. The maximum atomic E-state index is 9.70. The summed E-state index contributed by atoms with van der Waals surface area (Å²) in [6, 6.07) is 20.7. The monoisotopic (exact) mass is 415 g/mol. The van der Waals surface area contributed by atoms with Gasteiger partial charge in [0, 0.05) is 37.7 Å². The van der Waals surface area contributed by atoms with E-state index in [-0.39, 0.29) is 0 Å². The number of aryl methyl sites for hydroxylation is 1. The lowest BCUT2D eigenvalue weighted by Crippen LogP contribution is -2.46. The van der Waals surface area contributed by atoms with Crippen LogP contribution >= 0.6 is 11.6 Å². The Hall–Kier alpha value is -3.07. The molecule has 0 saturated carbocycles. The minimum atomic E-state index is 0.649. The third-order valence-corrected chi connectivity index (χ3v) is 6.13. The molecule has 0 aliphatic carbocycles. The van der Waals surface area contributed by atoms with E-state index in [0.717, 1.165) is 65.8 Å². The van der Waals surface area contributed by atoms with Crippen LogP contribution in [0.4, 0.5) is 5.82 Å². The van der Waals surface area contributed by atoms with E-state index in [1.807, 2.05) is 37.3 Å². The van der Waals surface area contributed by atoms with Gasteiger partial charge in [-0.3, -0.25) is 9.30 Å². The van der Waals surface area contributed by atoms with Crippen LogP contribution in [0.25, 0.3) is 16.7 Å². The zero-order chi connectivity index (χ0) is 20.7. The predicted octanol–water partition coefficient (Wildman–Crippen LogP) is 4.64. The normalized spacial score (nSPS) is 15.0. The van der Waals surface area contributed by atoms with Crippen LogP contribution in [0.5, 0.6) is 0 Å². The van der Waals surface area contributed by atoms with Gasteiger partial charge >= 0.3 is 0 Å². The van der Waals surface area contributed by atoms with Crippen molar-refractivity contribution >= 4 is 34.1 Å². The number of nitrogens with zero attached hydrogens (tertiary/aromatic N) is 5. The Labute approximate surface area is 180 Å². The van der Waals surface area contributed by atoms with E-state index in [1.54, 1.807) is 0 Å². The van der Waals surface area contributed by atoms with Crippen LogP contribution in [0.15, 0.2) is 54.6 Å². The molecule has 1 aliphatic heterocycles. The molecule has 0 amide bonds. The lowest BCUT2D eigenvalue weighted by Gasteiger charge is -2.36. The fraction of sp³-hybridized carbons (Fsp3) is 0.250. The highest BCUT2D eigenvalue weighted by molar-refractivity contribution is 6.30. The van der Waals surface area contributed by atoms with E-state index in [2.05, 4.69) is 44.5 Å². The highest BCUT2D eigenvalue weighted by Gasteiger charge is 2.22. The third kappa shape index (κ3) is 3.28. The van der Waals surface area contributed by atoms with Crippen molar-refractivity contribution in [3.8, 4) is 6.07 Å². The minimum Gasteiger partial charge on any atom is -0.355 e. The smallest absolute Gasteiger partial charge is 0.157 e. The number of imidazole rings is 1. The van der Waals surface area contributed by atoms with E-state index >= 15 is 0 Å². The highest BCUT2D eigenvalue weighted by atomic mass is 35.5. The summed E-state index contributed by atoms with van der Waals surface area (Å²) in [5, 5.41) is 10.5. The summed E-state index contributed by atoms with van der Waals surface area (Å²) in [6.45, 7) is 6.76. The lowest BCUT2D eigenvalue weighted by molar-refractivity contribution is 0.249. The SMILES string of the molecule is Cc1cc(N2CCN(Cc3ccc(Cl)cc3)CC2)n2c(nc3ccccc32)c1C#N. The van der Waals surface area contributed by atoms with E-state index < -0.39 is 0 Å². The number of fused-ring (bicyclic) bond motifs is 3. The number of aromatic nitrogens is 2. The highest BCUT2D eigenvalue weighted by Crippen LogP contribution is 2.29. The summed E-state index contributed by atoms with van der Waals surface area (Å²) in [5.74, 6) is 1.11. The average molecular weight is 416 g/mol. The first-order chi connectivity index (χ1) is 14.6. The molecule has 30 heavy (non-hydrogen) atoms. The molecular formula is C24H22ClN5. The van der Waals surface area contributed by atoms with Gasteiger partial charge in [-0.2, -0.15) is 5.26 Å². The number of para-hydroxylation sites is 2. The van der Waals surface area contributed by atoms with E-state index in [1.165, 1.54) is 5.56 Å². The zero-order valence-corrected chi connectivity index (χ0v) is 17.6. The quantitative estimate of drug-likeness (QED) is 0.489. The number of hydrogen-bond acceptors (Lipinski definition) is 4. The number of benzene rings is 2. The number of rotatable bonds is 3. The standard InChI is InChI=1S/C24H22ClN5/c1-17-14-23(30-22-5-3-2-4-21(22)27-24(30)20(17)15-26)29-12-10-28(11-13-29)16-18-6-8-19(25)9-7-18/h2-9,14H,10-13,16H2,1H3. The van der Waals surface area contributed by atoms with Crippen molar-refractivity contribution in [1.29, 1.82) is 5.26 Å². The Bertz CT molecular complexity index is 1260. The first-order valence-electron chi connectivity index (χ1n) is 10.2. The second kappa shape index (κ2) is 7.64. The van der Waals surface area contributed by atoms with Crippen molar-refractivity contribution in [3.63, 3.8) is 0 Å². The molecule has 150 valence electrons. The minimum absolute atomic E-state index is 0.649. The van der Waals surface area contributed by atoms with E-state index in [9.17, 15) is 5.26 Å². The van der Waals surface area contributed by atoms with Gasteiger partial charge in [0.15, 0.2) is 5.65 Å². The molecule has 5 nitrogen and oxygen atoms in total. The number of piperazine rings is 1. The molecule has 4 aromatic rings. The maximum absolute atomic E-state index is 9.70. The molecule has 0 radical (unpaired) electrons. The predicted molar refractivity (Wildman–Crippen MR) is 121 cm³/mol. The fourth-order valence-electron chi connectivity index (χ4n) is 4.29. The Balaban J connectivity index is 1.46. The van der Waals surface area contributed by atoms with E-state index in [4.69, 9.17) is 16.6 Å². The van der Waals surface area contributed by atoms with Crippen molar-refractivity contribution < 1.29 is 0 Å². The molecule has 1 aliphatic rings. The number of halogens is 1. The molecule has 0 atom stereocenters. The van der Waals surface area contributed by atoms with Crippen molar-refractivity contribution in [3.05, 3.63) is 76.3 Å². The number of pyridine rings is 1. The summed E-state index contributed by atoms with van der Waals surface area (Å²) >= 11 is 6.01. The third-order valence-electron chi connectivity index (χ3n) is 5.88. The van der Waals surface area contributed by atoms with Gasteiger partial charge in [-0.25, -0.2) is 4.98 Å². The Morgan fingerprint density at radius 3 is 2.50 bits per heavy atom. The fourth-order valence-corrected chi connectivity index (χ4v) is 4.41. The second-order valence-corrected chi connectivity index (χ2v) is 8.26. The summed E-state index contributed by atoms with van der Waals surface area (Å²) in [7, 11) is 0. The van der Waals surface area contributed by atoms with Crippen LogP contribution in [0.3, 0.4) is 0 Å². The molecule has 0 bridgehead atoms. The van der Waals surface area contributed by atoms with Crippen LogP contribution in [-0.2, 0) is 6.54 Å². The van der Waals surface area contributed by atoms with Crippen LogP contribution in [-0.4, -0.2) is 40.5 Å². The van der Waals surface area contributed by atoms with Gasteiger partial charge in [0.25, 0.3) is 0 Å². The van der Waals surface area contributed by atoms with Crippen molar-refractivity contribution in [2.75, 3.05) is 31.1 Å². The van der Waals surface area contributed by atoms with Crippen molar-refractivity contribution in [1.82, 2.24) is 14.3 Å². The van der Waals surface area contributed by atoms with Gasteiger partial charge in [0.1, 0.15) is 11.9 Å². The van der Waals surface area contributed by atoms with Crippen LogP contribution < -0.4 is 4.90 Å². The number of hydrogen-bond donors (Lipinski definition) is 0. The molecule has 2 aromatic carbocycles. The summed E-state index contributed by atoms with van der Waals surface area (Å²) in [4.78, 5) is 9.65. The van der Waals surface area contributed by atoms with Crippen molar-refractivity contribution in [2.24, 2.45) is 0 Å². The average Bonchev–Trinajstić information content (AvgIpc) is 3.15. The molecule has 0 unspecified atom stereocenters. The molecule has 1 saturated heterocycles. The Morgan fingerprint density at radius 2 is 1.77 bits per heavy atom. The molecule has 2 aromatic heterocycles. The zero-order valence-electron chi connectivity index (χ0n) is 16.8. The van der Waals surface area contributed by atoms with E-state index in [0.29, 0.717) is 5.56 Å². The lowest BCUT2D eigenvalue weighted by atomic mass is 10.1. The second-order valence-electron chi connectivity index (χ2n) is 7.82. The van der Waals surface area contributed by atoms with Gasteiger partial charge in [-0.15, -0.1) is 0 Å². The van der Waals surface area contributed by atoms with Gasteiger partial charge in [0.05, 0.1) is 16.6 Å². The number of anilines is 1. The van der Waals surface area contributed by atoms with Crippen LogP contribution in [0.1, 0.15) is 16.7 Å². The van der Waals surface area contributed by atoms with Gasteiger partial charge in [0.2, 0.25) is 0 Å². The summed E-state index contributed by atoms with van der Waals surface area (Å²) in [5.41, 5.74) is 5.61. The first kappa shape index (κ1) is 18.9. The molecule has 5 rings (SSSR count). The van der Waals surface area contributed by atoms with Crippen LogP contribution in [0.2, 0.25) is 5.02 Å². The number of nitriles is 1. The van der Waals surface area contributed by atoms with Gasteiger partial charge in [-0.05, 0) is 48.4 Å². The first-order valence-corrected chi connectivity index (χ1v) is 10.5. The molecule has 6 heteroatoms. The molecule has 1 fully saturated rings. The van der Waals surface area contributed by atoms with Crippen molar-refractivity contribution in [2.45, 2.75) is 13.5 Å². The Kier molecular flexibility index (Phi) is 4.82. The summed E-state index contributed by atoms with van der Waals surface area (Å²) in [6.07, 6.45) is 0.